The van der Waals surface area contributed by atoms with Crippen molar-refractivity contribution in [3.63, 3.8) is 0 Å². The van der Waals surface area contributed by atoms with Gasteiger partial charge in [0.25, 0.3) is 0 Å². The van der Waals surface area contributed by atoms with Gasteiger partial charge < -0.3 is 0 Å². The summed E-state index contributed by atoms with van der Waals surface area (Å²) in [7, 11) is 0. The predicted molar refractivity (Wildman–Crippen MR) is 91.7 cm³/mol. The zero-order chi connectivity index (χ0) is 15.2. The van der Waals surface area contributed by atoms with Gasteiger partial charge in [0.15, 0.2) is 0 Å². The molecule has 0 heteroatoms. The molecule has 0 aromatic carbocycles. The summed E-state index contributed by atoms with van der Waals surface area (Å²) in [6.45, 7) is 13.5. The Morgan fingerprint density at radius 1 is 1.40 bits per heavy atom. The summed E-state index contributed by atoms with van der Waals surface area (Å²) >= 11 is 0. The van der Waals surface area contributed by atoms with E-state index >= 15 is 0 Å². The Hall–Kier alpha value is -1.30. The van der Waals surface area contributed by atoms with Gasteiger partial charge in [0.05, 0.1) is 0 Å². The Labute approximate surface area is 125 Å². The molecule has 1 rings (SSSR count). The highest BCUT2D eigenvalue weighted by atomic mass is 14.3. The van der Waals surface area contributed by atoms with Crippen LogP contribution in [-0.4, -0.2) is 0 Å². The minimum atomic E-state index is 0.252. The van der Waals surface area contributed by atoms with Crippen LogP contribution in [0.1, 0.15) is 54.4 Å². The summed E-state index contributed by atoms with van der Waals surface area (Å²) in [5.74, 6) is 0.662. The lowest BCUT2D eigenvalue weighted by molar-refractivity contribution is 0.456. The summed E-state index contributed by atoms with van der Waals surface area (Å²) in [6, 6.07) is 0. The first kappa shape index (κ1) is 16.8. The molecule has 0 nitrogen and oxygen atoms in total. The van der Waals surface area contributed by atoms with E-state index in [1.807, 2.05) is 0 Å². The summed E-state index contributed by atoms with van der Waals surface area (Å²) in [6.07, 6.45) is 18.0. The second kappa shape index (κ2) is 7.47. The fraction of sp³-hybridized carbons (Fsp3) is 0.500. The fourth-order valence-corrected chi connectivity index (χ4v) is 2.42. The summed E-state index contributed by atoms with van der Waals surface area (Å²) in [5, 5.41) is 0. The molecule has 1 aliphatic rings. The van der Waals surface area contributed by atoms with Crippen molar-refractivity contribution in [1.82, 2.24) is 0 Å². The lowest BCUT2D eigenvalue weighted by Gasteiger charge is -2.29. The van der Waals surface area contributed by atoms with Gasteiger partial charge >= 0.3 is 0 Å². The molecular formula is C20H30. The lowest BCUT2D eigenvalue weighted by atomic mass is 9.75. The normalized spacial score (nSPS) is 21.2. The monoisotopic (exact) mass is 270 g/mol. The van der Waals surface area contributed by atoms with Crippen LogP contribution >= 0.6 is 0 Å². The van der Waals surface area contributed by atoms with Gasteiger partial charge in [0, 0.05) is 0 Å². The number of hydrogen-bond acceptors (Lipinski definition) is 0. The first-order valence-corrected chi connectivity index (χ1v) is 7.78. The van der Waals surface area contributed by atoms with Gasteiger partial charge in [0.2, 0.25) is 0 Å². The maximum atomic E-state index is 2.32. The van der Waals surface area contributed by atoms with Crippen molar-refractivity contribution < 1.29 is 0 Å². The molecule has 20 heavy (non-hydrogen) atoms. The van der Waals surface area contributed by atoms with E-state index in [-0.39, 0.29) is 5.41 Å². The van der Waals surface area contributed by atoms with E-state index in [0.717, 1.165) is 6.42 Å². The van der Waals surface area contributed by atoms with Crippen molar-refractivity contribution >= 4 is 0 Å². The van der Waals surface area contributed by atoms with Gasteiger partial charge in [-0.3, -0.25) is 0 Å². The van der Waals surface area contributed by atoms with E-state index in [1.54, 1.807) is 0 Å². The quantitative estimate of drug-likeness (QED) is 0.507. The Balaban J connectivity index is 2.79. The van der Waals surface area contributed by atoms with Crippen molar-refractivity contribution in [2.45, 2.75) is 54.4 Å². The minimum absolute atomic E-state index is 0.252. The number of hydrogen-bond donors (Lipinski definition) is 0. The highest BCUT2D eigenvalue weighted by Gasteiger charge is 2.23. The van der Waals surface area contributed by atoms with Crippen LogP contribution in [0.25, 0.3) is 0 Å². The fourth-order valence-electron chi connectivity index (χ4n) is 2.42. The lowest BCUT2D eigenvalue weighted by Crippen LogP contribution is -2.16. The van der Waals surface area contributed by atoms with Gasteiger partial charge in [-0.25, -0.2) is 0 Å². The predicted octanol–water partition coefficient (Wildman–Crippen LogP) is 6.39. The third kappa shape index (κ3) is 5.00. The topological polar surface area (TPSA) is 0 Å². The minimum Gasteiger partial charge on any atom is -0.0834 e. The average molecular weight is 270 g/mol. The van der Waals surface area contributed by atoms with Crippen molar-refractivity contribution in [2.24, 2.45) is 11.3 Å². The third-order valence-corrected chi connectivity index (χ3v) is 4.11. The molecule has 0 heterocycles. The van der Waals surface area contributed by atoms with Crippen molar-refractivity contribution in [3.05, 3.63) is 59.3 Å². The second-order valence-corrected chi connectivity index (χ2v) is 6.60. The molecule has 0 radical (unpaired) electrons. The maximum absolute atomic E-state index is 2.32. The van der Waals surface area contributed by atoms with Crippen LogP contribution in [-0.2, 0) is 0 Å². The van der Waals surface area contributed by atoms with Crippen molar-refractivity contribution in [2.75, 3.05) is 0 Å². The van der Waals surface area contributed by atoms with E-state index in [1.165, 1.54) is 23.1 Å². The number of rotatable bonds is 5. The summed E-state index contributed by atoms with van der Waals surface area (Å²) in [4.78, 5) is 0. The molecule has 1 atom stereocenters. The maximum Gasteiger partial charge on any atom is -0.00664 e. The standard InChI is InChI=1S/C20H30/c1-7-16(2)10-8-11-17(3)13-14-19-18(4)12-9-15-20(19,5)6/h8-14,16H,7,15H2,1-6H3/b10-8+,14-13+,17-11+. The molecule has 0 aromatic rings. The molecular weight excluding hydrogens is 240 g/mol. The molecule has 1 unspecified atom stereocenters. The molecule has 0 amide bonds. The zero-order valence-electron chi connectivity index (χ0n) is 14.0. The Morgan fingerprint density at radius 3 is 2.70 bits per heavy atom. The molecule has 0 aromatic heterocycles. The van der Waals surface area contributed by atoms with Crippen LogP contribution < -0.4 is 0 Å². The van der Waals surface area contributed by atoms with Crippen LogP contribution in [0.2, 0.25) is 0 Å². The first-order chi connectivity index (χ1) is 9.36. The van der Waals surface area contributed by atoms with Crippen LogP contribution in [0.15, 0.2) is 59.3 Å². The summed E-state index contributed by atoms with van der Waals surface area (Å²) < 4.78 is 0. The van der Waals surface area contributed by atoms with Crippen molar-refractivity contribution in [1.29, 1.82) is 0 Å². The summed E-state index contributed by atoms with van der Waals surface area (Å²) in [5.41, 5.74) is 4.40. The van der Waals surface area contributed by atoms with Gasteiger partial charge in [-0.1, -0.05) is 82.2 Å². The Kier molecular flexibility index (Phi) is 6.26. The Morgan fingerprint density at radius 2 is 2.10 bits per heavy atom. The molecule has 0 aliphatic heterocycles. The van der Waals surface area contributed by atoms with Crippen LogP contribution in [0.3, 0.4) is 0 Å². The molecule has 0 spiro atoms. The smallest absolute Gasteiger partial charge is 0.00664 e. The molecule has 0 saturated heterocycles. The van der Waals surface area contributed by atoms with E-state index in [9.17, 15) is 0 Å². The molecule has 0 fully saturated rings. The second-order valence-electron chi connectivity index (χ2n) is 6.60. The van der Waals surface area contributed by atoms with Gasteiger partial charge in [-0.15, -0.1) is 0 Å². The number of allylic oxidation sites excluding steroid dienone is 10. The molecule has 0 bridgehead atoms. The van der Waals surface area contributed by atoms with Gasteiger partial charge in [-0.05, 0) is 42.7 Å². The highest BCUT2D eigenvalue weighted by molar-refractivity contribution is 5.41. The van der Waals surface area contributed by atoms with E-state index < -0.39 is 0 Å². The average Bonchev–Trinajstić information content (AvgIpc) is 2.37. The third-order valence-electron chi connectivity index (χ3n) is 4.11. The van der Waals surface area contributed by atoms with Crippen LogP contribution in [0, 0.1) is 11.3 Å². The first-order valence-electron chi connectivity index (χ1n) is 7.78. The molecule has 1 aliphatic carbocycles. The molecule has 0 saturated carbocycles. The van der Waals surface area contributed by atoms with Crippen LogP contribution in [0.5, 0.6) is 0 Å². The van der Waals surface area contributed by atoms with E-state index in [2.05, 4.69) is 84.1 Å². The largest absolute Gasteiger partial charge is 0.0834 e. The highest BCUT2D eigenvalue weighted by Crippen LogP contribution is 2.37. The zero-order valence-corrected chi connectivity index (χ0v) is 14.0. The van der Waals surface area contributed by atoms with E-state index in [4.69, 9.17) is 0 Å². The molecule has 0 N–H and O–H groups in total. The van der Waals surface area contributed by atoms with Crippen LogP contribution in [0.4, 0.5) is 0 Å². The molecule has 110 valence electrons. The van der Waals surface area contributed by atoms with Gasteiger partial charge in [-0.2, -0.15) is 0 Å². The SMILES string of the molecule is CCC(C)/C=C/C=C(C)/C=C/C1=C(C)C=CCC1(C)C. The van der Waals surface area contributed by atoms with Gasteiger partial charge in [0.1, 0.15) is 0 Å². The van der Waals surface area contributed by atoms with E-state index in [0.29, 0.717) is 5.92 Å². The Bertz CT molecular complexity index is 464. The van der Waals surface area contributed by atoms with Crippen molar-refractivity contribution in [3.8, 4) is 0 Å².